The Bertz CT molecular complexity index is 963. The van der Waals surface area contributed by atoms with Gasteiger partial charge in [0.15, 0.2) is 17.1 Å². The molecule has 0 atom stereocenters. The zero-order chi connectivity index (χ0) is 18.8. The van der Waals surface area contributed by atoms with E-state index in [1.165, 1.54) is 0 Å². The number of rotatable bonds is 5. The van der Waals surface area contributed by atoms with E-state index in [1.54, 1.807) is 38.6 Å². The number of nitrogens with zero attached hydrogens (tertiary/aromatic N) is 3. The molecular weight excluding hydrogens is 332 g/mol. The molecule has 0 fully saturated rings. The minimum Gasteiger partial charge on any atom is -0.493 e. The number of anilines is 1. The van der Waals surface area contributed by atoms with Gasteiger partial charge in [-0.15, -0.1) is 0 Å². The van der Waals surface area contributed by atoms with Crippen molar-refractivity contribution in [3.05, 3.63) is 41.7 Å². The number of hydrogen-bond acceptors (Lipinski definition) is 5. The molecule has 0 bridgehead atoms. The molecule has 1 amide bonds. The number of carbonyl (C=O) groups excluding carboxylic acids is 1. The first kappa shape index (κ1) is 17.7. The van der Waals surface area contributed by atoms with Crippen molar-refractivity contribution in [1.82, 2.24) is 14.8 Å². The lowest BCUT2D eigenvalue weighted by molar-refractivity contribution is 0.102. The number of pyridine rings is 1. The minimum absolute atomic E-state index is 0.200. The average Bonchev–Trinajstić information content (AvgIpc) is 3.03. The molecule has 136 valence electrons. The minimum atomic E-state index is -0.235. The quantitative estimate of drug-likeness (QED) is 0.757. The third kappa shape index (κ3) is 3.20. The lowest BCUT2D eigenvalue weighted by Crippen LogP contribution is -2.14. The van der Waals surface area contributed by atoms with Gasteiger partial charge in [-0.05, 0) is 39.0 Å². The highest BCUT2D eigenvalue weighted by Crippen LogP contribution is 2.30. The van der Waals surface area contributed by atoms with Crippen LogP contribution in [0.3, 0.4) is 0 Å². The van der Waals surface area contributed by atoms with E-state index >= 15 is 0 Å². The maximum atomic E-state index is 12.7. The highest BCUT2D eigenvalue weighted by atomic mass is 16.5. The van der Waals surface area contributed by atoms with E-state index in [1.807, 2.05) is 31.5 Å². The van der Waals surface area contributed by atoms with Crippen LogP contribution < -0.4 is 14.8 Å². The SMILES string of the molecule is COc1ccc(NC(=O)c2cc3cnn(C(C)C)c3nc2C)cc1OC. The average molecular weight is 354 g/mol. The fourth-order valence-corrected chi connectivity index (χ4v) is 2.79. The van der Waals surface area contributed by atoms with Crippen molar-refractivity contribution in [3.8, 4) is 11.5 Å². The first-order chi connectivity index (χ1) is 12.4. The summed E-state index contributed by atoms with van der Waals surface area (Å²) >= 11 is 0. The van der Waals surface area contributed by atoms with Crippen LogP contribution in [0.2, 0.25) is 0 Å². The van der Waals surface area contributed by atoms with Crippen LogP contribution in [0.15, 0.2) is 30.5 Å². The molecule has 1 aromatic carbocycles. The van der Waals surface area contributed by atoms with Crippen molar-refractivity contribution in [1.29, 1.82) is 0 Å². The summed E-state index contributed by atoms with van der Waals surface area (Å²) in [5.41, 5.74) is 2.55. The van der Waals surface area contributed by atoms with Crippen LogP contribution in [0.1, 0.15) is 35.9 Å². The maximum absolute atomic E-state index is 12.7. The third-order valence-electron chi connectivity index (χ3n) is 4.13. The number of benzene rings is 1. The van der Waals surface area contributed by atoms with Gasteiger partial charge in [-0.25, -0.2) is 9.67 Å². The summed E-state index contributed by atoms with van der Waals surface area (Å²) in [5, 5.41) is 8.07. The number of fused-ring (bicyclic) bond motifs is 1. The van der Waals surface area contributed by atoms with Gasteiger partial charge in [-0.2, -0.15) is 5.10 Å². The van der Waals surface area contributed by atoms with E-state index in [9.17, 15) is 4.79 Å². The predicted molar refractivity (Wildman–Crippen MR) is 100 cm³/mol. The molecule has 3 rings (SSSR count). The van der Waals surface area contributed by atoms with Gasteiger partial charge in [-0.1, -0.05) is 0 Å². The molecule has 1 N–H and O–H groups in total. The van der Waals surface area contributed by atoms with E-state index in [2.05, 4.69) is 15.4 Å². The largest absolute Gasteiger partial charge is 0.493 e. The zero-order valence-electron chi connectivity index (χ0n) is 15.5. The molecule has 7 heteroatoms. The molecule has 7 nitrogen and oxygen atoms in total. The van der Waals surface area contributed by atoms with Gasteiger partial charge >= 0.3 is 0 Å². The summed E-state index contributed by atoms with van der Waals surface area (Å²) in [6, 6.07) is 7.24. The van der Waals surface area contributed by atoms with Crippen molar-refractivity contribution < 1.29 is 14.3 Å². The molecule has 2 heterocycles. The Morgan fingerprint density at radius 1 is 1.15 bits per heavy atom. The maximum Gasteiger partial charge on any atom is 0.257 e. The predicted octanol–water partition coefficient (Wildman–Crippen LogP) is 3.59. The van der Waals surface area contributed by atoms with Crippen LogP contribution in [0.5, 0.6) is 11.5 Å². The van der Waals surface area contributed by atoms with E-state index in [0.29, 0.717) is 28.4 Å². The number of nitrogens with one attached hydrogen (secondary N) is 1. The van der Waals surface area contributed by atoms with Crippen LogP contribution in [0, 0.1) is 6.92 Å². The second-order valence-corrected chi connectivity index (χ2v) is 6.24. The number of amides is 1. The second-order valence-electron chi connectivity index (χ2n) is 6.24. The molecule has 0 aliphatic heterocycles. The van der Waals surface area contributed by atoms with Gasteiger partial charge in [0, 0.05) is 23.2 Å². The number of hydrogen-bond donors (Lipinski definition) is 1. The smallest absolute Gasteiger partial charge is 0.257 e. The van der Waals surface area contributed by atoms with Crippen molar-refractivity contribution in [2.75, 3.05) is 19.5 Å². The normalized spacial score (nSPS) is 11.0. The number of aryl methyl sites for hydroxylation is 1. The van der Waals surface area contributed by atoms with Gasteiger partial charge in [0.1, 0.15) is 0 Å². The number of methoxy groups -OCH3 is 2. The molecule has 26 heavy (non-hydrogen) atoms. The Morgan fingerprint density at radius 3 is 2.54 bits per heavy atom. The lowest BCUT2D eigenvalue weighted by Gasteiger charge is -2.12. The first-order valence-electron chi connectivity index (χ1n) is 8.32. The van der Waals surface area contributed by atoms with Gasteiger partial charge in [0.05, 0.1) is 31.7 Å². The number of carbonyl (C=O) groups is 1. The fraction of sp³-hybridized carbons (Fsp3) is 0.316. The highest BCUT2D eigenvalue weighted by Gasteiger charge is 2.16. The molecule has 0 saturated heterocycles. The first-order valence-corrected chi connectivity index (χ1v) is 8.32. The molecule has 0 unspecified atom stereocenters. The van der Waals surface area contributed by atoms with Crippen LogP contribution in [0.25, 0.3) is 11.0 Å². The van der Waals surface area contributed by atoms with Gasteiger partial charge in [-0.3, -0.25) is 4.79 Å². The van der Waals surface area contributed by atoms with Crippen molar-refractivity contribution in [2.45, 2.75) is 26.8 Å². The second kappa shape index (κ2) is 7.03. The van der Waals surface area contributed by atoms with E-state index in [4.69, 9.17) is 9.47 Å². The van der Waals surface area contributed by atoms with Crippen LogP contribution in [-0.4, -0.2) is 34.9 Å². The summed E-state index contributed by atoms with van der Waals surface area (Å²) in [6.07, 6.45) is 1.73. The molecule has 3 aromatic rings. The molecule has 0 saturated carbocycles. The summed E-state index contributed by atoms with van der Waals surface area (Å²) in [5.74, 6) is 0.918. The summed E-state index contributed by atoms with van der Waals surface area (Å²) in [4.78, 5) is 17.3. The number of aromatic nitrogens is 3. The Kier molecular flexibility index (Phi) is 4.79. The molecule has 0 aliphatic rings. The Labute approximate surface area is 151 Å². The molecule has 2 aromatic heterocycles. The van der Waals surface area contributed by atoms with Gasteiger partial charge < -0.3 is 14.8 Å². The van der Waals surface area contributed by atoms with Gasteiger partial charge in [0.2, 0.25) is 0 Å². The Balaban J connectivity index is 1.92. The third-order valence-corrected chi connectivity index (χ3v) is 4.13. The molecule has 0 radical (unpaired) electrons. The topological polar surface area (TPSA) is 78.3 Å². The van der Waals surface area contributed by atoms with E-state index in [-0.39, 0.29) is 11.9 Å². The van der Waals surface area contributed by atoms with Crippen molar-refractivity contribution in [2.24, 2.45) is 0 Å². The van der Waals surface area contributed by atoms with E-state index in [0.717, 1.165) is 11.0 Å². The molecule has 0 spiro atoms. The van der Waals surface area contributed by atoms with Crippen molar-refractivity contribution >= 4 is 22.6 Å². The van der Waals surface area contributed by atoms with E-state index < -0.39 is 0 Å². The molecular formula is C19H22N4O3. The van der Waals surface area contributed by atoms with Crippen LogP contribution in [-0.2, 0) is 0 Å². The lowest BCUT2D eigenvalue weighted by atomic mass is 10.1. The standard InChI is InChI=1S/C19H22N4O3/c1-11(2)23-18-13(10-20-23)8-15(12(3)21-18)19(24)22-14-6-7-16(25-4)17(9-14)26-5/h6-11H,1-5H3,(H,22,24). The van der Waals surface area contributed by atoms with Gasteiger partial charge in [0.25, 0.3) is 5.91 Å². The Morgan fingerprint density at radius 2 is 1.88 bits per heavy atom. The summed E-state index contributed by atoms with van der Waals surface area (Å²) in [7, 11) is 3.12. The van der Waals surface area contributed by atoms with Crippen LogP contribution in [0.4, 0.5) is 5.69 Å². The fourth-order valence-electron chi connectivity index (χ4n) is 2.79. The Hall–Kier alpha value is -3.09. The highest BCUT2D eigenvalue weighted by molar-refractivity contribution is 6.06. The molecule has 0 aliphatic carbocycles. The summed E-state index contributed by atoms with van der Waals surface area (Å²) in [6.45, 7) is 5.91. The van der Waals surface area contributed by atoms with Crippen molar-refractivity contribution in [3.63, 3.8) is 0 Å². The van der Waals surface area contributed by atoms with Crippen LogP contribution >= 0.6 is 0 Å². The summed E-state index contributed by atoms with van der Waals surface area (Å²) < 4.78 is 12.3. The zero-order valence-corrected chi connectivity index (χ0v) is 15.5. The monoisotopic (exact) mass is 354 g/mol. The number of ether oxygens (including phenoxy) is 2.